The summed E-state index contributed by atoms with van der Waals surface area (Å²) in [6, 6.07) is 8.84. The van der Waals surface area contributed by atoms with Gasteiger partial charge in [-0.1, -0.05) is 30.3 Å². The van der Waals surface area contributed by atoms with Crippen molar-refractivity contribution in [1.29, 1.82) is 0 Å². The zero-order chi connectivity index (χ0) is 13.8. The molecule has 1 aromatic carbocycles. The maximum absolute atomic E-state index is 11.9. The van der Waals surface area contributed by atoms with Crippen molar-refractivity contribution in [2.75, 3.05) is 14.2 Å². The van der Waals surface area contributed by atoms with Crippen LogP contribution >= 0.6 is 0 Å². The molecular weight excluding hydrogens is 248 g/mol. The van der Waals surface area contributed by atoms with E-state index in [1.54, 1.807) is 0 Å². The van der Waals surface area contributed by atoms with Crippen molar-refractivity contribution in [2.45, 2.75) is 6.04 Å². The summed E-state index contributed by atoms with van der Waals surface area (Å²) in [7, 11) is 2.52. The summed E-state index contributed by atoms with van der Waals surface area (Å²) in [4.78, 5) is 23.5. The van der Waals surface area contributed by atoms with E-state index in [1.807, 2.05) is 30.3 Å². The Morgan fingerprint density at radius 2 is 1.84 bits per heavy atom. The molecule has 0 saturated heterocycles. The molecular formula is C13H14N2O4. The highest BCUT2D eigenvalue weighted by Crippen LogP contribution is 2.29. The fourth-order valence-electron chi connectivity index (χ4n) is 2.02. The minimum absolute atomic E-state index is 0.0307. The lowest BCUT2D eigenvalue weighted by Gasteiger charge is -2.18. The molecule has 1 heterocycles. The van der Waals surface area contributed by atoms with E-state index in [2.05, 4.69) is 15.3 Å². The minimum Gasteiger partial charge on any atom is -0.468 e. The first kappa shape index (κ1) is 13.1. The number of hydrazone groups is 1. The number of hydrogen-bond donors (Lipinski definition) is 1. The lowest BCUT2D eigenvalue weighted by Crippen LogP contribution is -2.34. The maximum Gasteiger partial charge on any atom is 0.355 e. The van der Waals surface area contributed by atoms with Gasteiger partial charge in [0.25, 0.3) is 0 Å². The smallest absolute Gasteiger partial charge is 0.355 e. The standard InChI is InChI=1S/C13H14N2O4/c1-18-12(16)9-10(8-6-4-3-5-7-8)14-15-11(9)13(17)19-2/h3-7,9-10,14H,1-2H3/t9-,10+/m1/s1. The molecule has 6 nitrogen and oxygen atoms in total. The monoisotopic (exact) mass is 262 g/mol. The van der Waals surface area contributed by atoms with Crippen LogP contribution in [0.2, 0.25) is 0 Å². The first-order chi connectivity index (χ1) is 9.19. The Labute approximate surface area is 110 Å². The number of benzene rings is 1. The molecule has 0 spiro atoms. The summed E-state index contributed by atoms with van der Waals surface area (Å²) in [5, 5.41) is 3.91. The molecule has 0 unspecified atom stereocenters. The molecule has 2 rings (SSSR count). The Balaban J connectivity index is 2.33. The third-order valence-corrected chi connectivity index (χ3v) is 2.96. The number of nitrogens with zero attached hydrogens (tertiary/aromatic N) is 1. The molecule has 100 valence electrons. The van der Waals surface area contributed by atoms with E-state index in [0.717, 1.165) is 5.56 Å². The SMILES string of the molecule is COC(=O)C1=NN[C@@H](c2ccccc2)[C@H]1C(=O)OC. The van der Waals surface area contributed by atoms with Gasteiger partial charge in [0, 0.05) is 0 Å². The number of nitrogens with one attached hydrogen (secondary N) is 1. The van der Waals surface area contributed by atoms with Gasteiger partial charge in [0.2, 0.25) is 0 Å². The van der Waals surface area contributed by atoms with E-state index < -0.39 is 23.9 Å². The second kappa shape index (κ2) is 5.51. The van der Waals surface area contributed by atoms with Crippen molar-refractivity contribution in [3.63, 3.8) is 0 Å². The fourth-order valence-corrected chi connectivity index (χ4v) is 2.02. The molecule has 0 fully saturated rings. The van der Waals surface area contributed by atoms with Gasteiger partial charge < -0.3 is 14.9 Å². The molecule has 0 aliphatic carbocycles. The van der Waals surface area contributed by atoms with Crippen LogP contribution in [0.25, 0.3) is 0 Å². The molecule has 0 bridgehead atoms. The summed E-state index contributed by atoms with van der Waals surface area (Å²) in [5.41, 5.74) is 3.67. The van der Waals surface area contributed by atoms with E-state index in [0.29, 0.717) is 0 Å². The lowest BCUT2D eigenvalue weighted by atomic mass is 9.90. The Kier molecular flexibility index (Phi) is 3.79. The zero-order valence-electron chi connectivity index (χ0n) is 10.6. The van der Waals surface area contributed by atoms with Gasteiger partial charge >= 0.3 is 11.9 Å². The third-order valence-electron chi connectivity index (χ3n) is 2.96. The molecule has 0 aromatic heterocycles. The molecule has 1 aliphatic heterocycles. The maximum atomic E-state index is 11.9. The van der Waals surface area contributed by atoms with Crippen molar-refractivity contribution in [3.05, 3.63) is 35.9 Å². The van der Waals surface area contributed by atoms with Crippen LogP contribution < -0.4 is 5.43 Å². The van der Waals surface area contributed by atoms with Gasteiger partial charge in [-0.25, -0.2) is 4.79 Å². The van der Waals surface area contributed by atoms with Crippen LogP contribution in [-0.4, -0.2) is 31.9 Å². The zero-order valence-corrected chi connectivity index (χ0v) is 10.6. The molecule has 1 aliphatic rings. The first-order valence-electron chi connectivity index (χ1n) is 5.73. The predicted octanol–water partition coefficient (Wildman–Crippen LogP) is 0.649. The third kappa shape index (κ3) is 2.42. The number of carbonyl (C=O) groups is 2. The second-order valence-corrected chi connectivity index (χ2v) is 4.01. The molecule has 19 heavy (non-hydrogen) atoms. The highest BCUT2D eigenvalue weighted by molar-refractivity contribution is 6.41. The van der Waals surface area contributed by atoms with Crippen LogP contribution in [0.3, 0.4) is 0 Å². The van der Waals surface area contributed by atoms with Gasteiger partial charge in [-0.15, -0.1) is 0 Å². The normalized spacial score (nSPS) is 21.3. The molecule has 0 amide bonds. The van der Waals surface area contributed by atoms with Crippen LogP contribution in [0.1, 0.15) is 11.6 Å². The van der Waals surface area contributed by atoms with Crippen LogP contribution in [-0.2, 0) is 19.1 Å². The highest BCUT2D eigenvalue weighted by Gasteiger charge is 2.43. The number of rotatable bonds is 3. The van der Waals surface area contributed by atoms with E-state index in [1.165, 1.54) is 14.2 Å². The van der Waals surface area contributed by atoms with Gasteiger partial charge in [-0.2, -0.15) is 5.10 Å². The molecule has 1 N–H and O–H groups in total. The molecule has 2 atom stereocenters. The molecule has 0 radical (unpaired) electrons. The van der Waals surface area contributed by atoms with Crippen molar-refractivity contribution >= 4 is 17.7 Å². The van der Waals surface area contributed by atoms with Gasteiger partial charge in [0.1, 0.15) is 5.92 Å². The van der Waals surface area contributed by atoms with Crippen molar-refractivity contribution in [1.82, 2.24) is 5.43 Å². The van der Waals surface area contributed by atoms with Crippen LogP contribution in [0.4, 0.5) is 0 Å². The first-order valence-corrected chi connectivity index (χ1v) is 5.73. The van der Waals surface area contributed by atoms with Gasteiger partial charge in [0.15, 0.2) is 5.71 Å². The number of hydrogen-bond acceptors (Lipinski definition) is 6. The predicted molar refractivity (Wildman–Crippen MR) is 67.3 cm³/mol. The Morgan fingerprint density at radius 3 is 2.42 bits per heavy atom. The molecule has 6 heteroatoms. The Hall–Kier alpha value is -2.37. The number of carbonyl (C=O) groups excluding carboxylic acids is 2. The van der Waals surface area contributed by atoms with E-state index in [4.69, 9.17) is 4.74 Å². The quantitative estimate of drug-likeness (QED) is 0.809. The van der Waals surface area contributed by atoms with Crippen molar-refractivity contribution in [2.24, 2.45) is 11.0 Å². The average molecular weight is 262 g/mol. The van der Waals surface area contributed by atoms with Crippen LogP contribution in [0, 0.1) is 5.92 Å². The van der Waals surface area contributed by atoms with E-state index >= 15 is 0 Å². The van der Waals surface area contributed by atoms with Crippen molar-refractivity contribution < 1.29 is 19.1 Å². The summed E-state index contributed by atoms with van der Waals surface area (Å²) in [6.45, 7) is 0. The Bertz CT molecular complexity index is 513. The summed E-state index contributed by atoms with van der Waals surface area (Å²) < 4.78 is 9.37. The summed E-state index contributed by atoms with van der Waals surface area (Å²) in [6.07, 6.45) is 0. The van der Waals surface area contributed by atoms with E-state index in [-0.39, 0.29) is 5.71 Å². The van der Waals surface area contributed by atoms with Crippen LogP contribution in [0.5, 0.6) is 0 Å². The number of ether oxygens (including phenoxy) is 2. The summed E-state index contributed by atoms with van der Waals surface area (Å²) in [5.74, 6) is -1.97. The second-order valence-electron chi connectivity index (χ2n) is 4.01. The molecule has 0 saturated carbocycles. The largest absolute Gasteiger partial charge is 0.468 e. The number of esters is 2. The lowest BCUT2D eigenvalue weighted by molar-refractivity contribution is -0.145. The van der Waals surface area contributed by atoms with E-state index in [9.17, 15) is 9.59 Å². The van der Waals surface area contributed by atoms with Crippen LogP contribution in [0.15, 0.2) is 35.4 Å². The van der Waals surface area contributed by atoms with Gasteiger partial charge in [-0.3, -0.25) is 4.79 Å². The topological polar surface area (TPSA) is 77.0 Å². The van der Waals surface area contributed by atoms with Gasteiger partial charge in [0.05, 0.1) is 20.3 Å². The fraction of sp³-hybridized carbons (Fsp3) is 0.308. The summed E-state index contributed by atoms with van der Waals surface area (Å²) >= 11 is 0. The van der Waals surface area contributed by atoms with Gasteiger partial charge in [-0.05, 0) is 5.56 Å². The Morgan fingerprint density at radius 1 is 1.16 bits per heavy atom. The van der Waals surface area contributed by atoms with Crippen molar-refractivity contribution in [3.8, 4) is 0 Å². The highest BCUT2D eigenvalue weighted by atomic mass is 16.5. The minimum atomic E-state index is -0.806. The number of methoxy groups -OCH3 is 2. The molecule has 1 aromatic rings. The average Bonchev–Trinajstić information content (AvgIpc) is 2.91.